The van der Waals surface area contributed by atoms with Gasteiger partial charge in [-0.05, 0) is 48.9 Å². The zero-order valence-electron chi connectivity index (χ0n) is 15.9. The van der Waals surface area contributed by atoms with Gasteiger partial charge in [-0.3, -0.25) is 4.79 Å². The second kappa shape index (κ2) is 8.39. The third-order valence-electron chi connectivity index (χ3n) is 4.92. The van der Waals surface area contributed by atoms with E-state index in [0.29, 0.717) is 6.54 Å². The summed E-state index contributed by atoms with van der Waals surface area (Å²) in [4.78, 5) is 14.7. The summed E-state index contributed by atoms with van der Waals surface area (Å²) >= 11 is 0. The summed E-state index contributed by atoms with van der Waals surface area (Å²) in [6.45, 7) is 5.89. The standard InChI is InChI=1S/C21H25N3O4/c1-15(21(25)22-13-16-2-7-19-20(12-16)28-14-27-19)23-17-3-5-18(6-4-17)24-8-10-26-11-9-24/h2-7,12,15,23H,8-11,13-14H2,1H3,(H,22,25)/t15-/m1/s1. The number of carbonyl (C=O) groups is 1. The van der Waals surface area contributed by atoms with Crippen molar-refractivity contribution in [3.05, 3.63) is 48.0 Å². The Morgan fingerprint density at radius 3 is 2.61 bits per heavy atom. The highest BCUT2D eigenvalue weighted by Crippen LogP contribution is 2.32. The van der Waals surface area contributed by atoms with Gasteiger partial charge < -0.3 is 29.7 Å². The first kappa shape index (κ1) is 18.4. The third-order valence-corrected chi connectivity index (χ3v) is 4.92. The highest BCUT2D eigenvalue weighted by atomic mass is 16.7. The molecule has 0 aromatic heterocycles. The molecule has 2 heterocycles. The van der Waals surface area contributed by atoms with E-state index in [4.69, 9.17) is 14.2 Å². The zero-order valence-corrected chi connectivity index (χ0v) is 15.9. The van der Waals surface area contributed by atoms with Gasteiger partial charge in [0.1, 0.15) is 6.04 Å². The number of ether oxygens (including phenoxy) is 3. The molecule has 7 nitrogen and oxygen atoms in total. The van der Waals surface area contributed by atoms with Crippen LogP contribution < -0.4 is 25.0 Å². The fraction of sp³-hybridized carbons (Fsp3) is 0.381. The number of morpholine rings is 1. The van der Waals surface area contributed by atoms with Crippen LogP contribution in [0.5, 0.6) is 11.5 Å². The molecule has 1 saturated heterocycles. The number of fused-ring (bicyclic) bond motifs is 1. The molecule has 0 bridgehead atoms. The molecular formula is C21H25N3O4. The molecule has 7 heteroatoms. The Morgan fingerprint density at radius 2 is 1.82 bits per heavy atom. The highest BCUT2D eigenvalue weighted by molar-refractivity contribution is 5.84. The fourth-order valence-corrected chi connectivity index (χ4v) is 3.30. The SMILES string of the molecule is C[C@@H](Nc1ccc(N2CCOCC2)cc1)C(=O)NCc1ccc2c(c1)OCO2. The van der Waals surface area contributed by atoms with Gasteiger partial charge in [0.2, 0.25) is 12.7 Å². The summed E-state index contributed by atoms with van der Waals surface area (Å²) in [5, 5.41) is 6.20. The fourth-order valence-electron chi connectivity index (χ4n) is 3.30. The van der Waals surface area contributed by atoms with Crippen molar-refractivity contribution >= 4 is 17.3 Å². The molecule has 2 aromatic rings. The lowest BCUT2D eigenvalue weighted by Crippen LogP contribution is -2.37. The number of nitrogens with zero attached hydrogens (tertiary/aromatic N) is 1. The average Bonchev–Trinajstić information content (AvgIpc) is 3.21. The monoisotopic (exact) mass is 383 g/mol. The molecule has 148 valence electrons. The van der Waals surface area contributed by atoms with Crippen LogP contribution in [0.2, 0.25) is 0 Å². The van der Waals surface area contributed by atoms with Crippen LogP contribution in [0.4, 0.5) is 11.4 Å². The van der Waals surface area contributed by atoms with E-state index in [2.05, 4.69) is 27.7 Å². The van der Waals surface area contributed by atoms with Crippen molar-refractivity contribution in [2.24, 2.45) is 0 Å². The molecule has 1 amide bonds. The van der Waals surface area contributed by atoms with Gasteiger partial charge in [0, 0.05) is 31.0 Å². The van der Waals surface area contributed by atoms with Gasteiger partial charge in [0.25, 0.3) is 0 Å². The smallest absolute Gasteiger partial charge is 0.242 e. The van der Waals surface area contributed by atoms with Crippen LogP contribution in [-0.2, 0) is 16.1 Å². The number of hydrogen-bond donors (Lipinski definition) is 2. The molecule has 28 heavy (non-hydrogen) atoms. The summed E-state index contributed by atoms with van der Waals surface area (Å²) in [6, 6.07) is 13.5. The lowest BCUT2D eigenvalue weighted by Gasteiger charge is -2.29. The molecule has 0 aliphatic carbocycles. The van der Waals surface area contributed by atoms with Crippen LogP contribution in [0.1, 0.15) is 12.5 Å². The second-order valence-corrected chi connectivity index (χ2v) is 6.92. The minimum Gasteiger partial charge on any atom is -0.454 e. The van der Waals surface area contributed by atoms with Crippen molar-refractivity contribution < 1.29 is 19.0 Å². The summed E-state index contributed by atoms with van der Waals surface area (Å²) in [6.07, 6.45) is 0. The normalized spacial score (nSPS) is 16.5. The molecule has 2 aliphatic heterocycles. The number of amides is 1. The first-order chi connectivity index (χ1) is 13.7. The van der Waals surface area contributed by atoms with Gasteiger partial charge in [-0.25, -0.2) is 0 Å². The molecule has 0 unspecified atom stereocenters. The first-order valence-electron chi connectivity index (χ1n) is 9.54. The minimum absolute atomic E-state index is 0.0603. The Labute approximate surface area is 164 Å². The van der Waals surface area contributed by atoms with Gasteiger partial charge in [-0.1, -0.05) is 6.07 Å². The molecule has 2 aromatic carbocycles. The Kier molecular flexibility index (Phi) is 5.53. The summed E-state index contributed by atoms with van der Waals surface area (Å²) in [7, 11) is 0. The number of hydrogen-bond acceptors (Lipinski definition) is 6. The minimum atomic E-state index is -0.344. The van der Waals surface area contributed by atoms with E-state index >= 15 is 0 Å². The molecular weight excluding hydrogens is 358 g/mol. The van der Waals surface area contributed by atoms with Gasteiger partial charge in [0.05, 0.1) is 13.2 Å². The van der Waals surface area contributed by atoms with E-state index in [9.17, 15) is 4.79 Å². The van der Waals surface area contributed by atoms with Crippen LogP contribution in [0.3, 0.4) is 0 Å². The zero-order chi connectivity index (χ0) is 19.3. The number of rotatable bonds is 6. The van der Waals surface area contributed by atoms with E-state index in [1.807, 2.05) is 37.3 Å². The third kappa shape index (κ3) is 4.31. The van der Waals surface area contributed by atoms with Crippen LogP contribution in [-0.4, -0.2) is 45.0 Å². The van der Waals surface area contributed by atoms with Gasteiger partial charge >= 0.3 is 0 Å². The summed E-state index contributed by atoms with van der Waals surface area (Å²) < 4.78 is 16.1. The lowest BCUT2D eigenvalue weighted by molar-refractivity contribution is -0.121. The first-order valence-corrected chi connectivity index (χ1v) is 9.54. The van der Waals surface area contributed by atoms with E-state index in [1.165, 1.54) is 5.69 Å². The Balaban J connectivity index is 1.28. The Morgan fingerprint density at radius 1 is 1.07 bits per heavy atom. The predicted octanol–water partition coefficient (Wildman–Crippen LogP) is 2.37. The van der Waals surface area contributed by atoms with Crippen molar-refractivity contribution in [2.45, 2.75) is 19.5 Å². The molecule has 4 rings (SSSR count). The molecule has 1 atom stereocenters. The van der Waals surface area contributed by atoms with Gasteiger partial charge in [-0.15, -0.1) is 0 Å². The molecule has 2 N–H and O–H groups in total. The highest BCUT2D eigenvalue weighted by Gasteiger charge is 2.16. The van der Waals surface area contributed by atoms with Gasteiger partial charge in [-0.2, -0.15) is 0 Å². The molecule has 2 aliphatic rings. The van der Waals surface area contributed by atoms with Crippen LogP contribution in [0, 0.1) is 0 Å². The Hall–Kier alpha value is -2.93. The van der Waals surface area contributed by atoms with E-state index in [-0.39, 0.29) is 18.7 Å². The molecule has 0 radical (unpaired) electrons. The van der Waals surface area contributed by atoms with E-state index in [1.54, 1.807) is 0 Å². The largest absolute Gasteiger partial charge is 0.454 e. The predicted molar refractivity (Wildman–Crippen MR) is 107 cm³/mol. The quantitative estimate of drug-likeness (QED) is 0.798. The Bertz CT molecular complexity index is 819. The maximum Gasteiger partial charge on any atom is 0.242 e. The van der Waals surface area contributed by atoms with Crippen molar-refractivity contribution in [1.82, 2.24) is 5.32 Å². The summed E-state index contributed by atoms with van der Waals surface area (Å²) in [5.74, 6) is 1.40. The number of anilines is 2. The van der Waals surface area contributed by atoms with Crippen molar-refractivity contribution in [3.8, 4) is 11.5 Å². The maximum absolute atomic E-state index is 12.4. The number of carbonyl (C=O) groups excluding carboxylic acids is 1. The topological polar surface area (TPSA) is 72.1 Å². The van der Waals surface area contributed by atoms with Crippen molar-refractivity contribution in [1.29, 1.82) is 0 Å². The number of benzene rings is 2. The molecule has 1 fully saturated rings. The maximum atomic E-state index is 12.4. The van der Waals surface area contributed by atoms with Crippen molar-refractivity contribution in [2.75, 3.05) is 43.3 Å². The average molecular weight is 383 g/mol. The van der Waals surface area contributed by atoms with E-state index in [0.717, 1.165) is 49.1 Å². The van der Waals surface area contributed by atoms with Crippen molar-refractivity contribution in [3.63, 3.8) is 0 Å². The number of nitrogens with one attached hydrogen (secondary N) is 2. The van der Waals surface area contributed by atoms with Crippen LogP contribution in [0.25, 0.3) is 0 Å². The van der Waals surface area contributed by atoms with Crippen LogP contribution in [0.15, 0.2) is 42.5 Å². The second-order valence-electron chi connectivity index (χ2n) is 6.92. The van der Waals surface area contributed by atoms with Crippen LogP contribution >= 0.6 is 0 Å². The summed E-state index contributed by atoms with van der Waals surface area (Å²) in [5.41, 5.74) is 3.07. The molecule has 0 saturated carbocycles. The lowest BCUT2D eigenvalue weighted by atomic mass is 10.2. The van der Waals surface area contributed by atoms with Gasteiger partial charge in [0.15, 0.2) is 11.5 Å². The molecule has 0 spiro atoms. The van der Waals surface area contributed by atoms with E-state index < -0.39 is 0 Å².